The Morgan fingerprint density at radius 2 is 2.16 bits per heavy atom. The molecule has 0 amide bonds. The number of nitrogen functional groups attached to an aromatic ring is 1. The van der Waals surface area contributed by atoms with Crippen LogP contribution in [0.25, 0.3) is 0 Å². The fourth-order valence-electron chi connectivity index (χ4n) is 2.73. The Bertz CT molecular complexity index is 577. The van der Waals surface area contributed by atoms with E-state index in [1.807, 2.05) is 11.8 Å². The number of nitrogens with one attached hydrogen (secondary N) is 1. The molecule has 0 aromatic carbocycles. The molecule has 1 saturated heterocycles. The first-order chi connectivity index (χ1) is 9.01. The predicted octanol–water partition coefficient (Wildman–Crippen LogP) is -0.654. The number of H-pyrrole nitrogens is 1. The molecule has 1 aliphatic heterocycles. The van der Waals surface area contributed by atoms with Crippen LogP contribution in [0, 0.1) is 5.92 Å². The van der Waals surface area contributed by atoms with E-state index >= 15 is 0 Å². The fourth-order valence-corrected chi connectivity index (χ4v) is 2.73. The molecule has 0 spiro atoms. The first-order valence-electron chi connectivity index (χ1n) is 6.51. The van der Waals surface area contributed by atoms with Crippen molar-refractivity contribution in [3.8, 4) is 0 Å². The third-order valence-corrected chi connectivity index (χ3v) is 3.89. The normalized spacial score (nSPS) is 23.0. The summed E-state index contributed by atoms with van der Waals surface area (Å²) in [4.78, 5) is 27.7. The van der Waals surface area contributed by atoms with Crippen LogP contribution in [0.5, 0.6) is 0 Å². The maximum Gasteiger partial charge on any atom is 0.330 e. The monoisotopic (exact) mass is 268 g/mol. The number of hydrogen-bond donors (Lipinski definition) is 3. The van der Waals surface area contributed by atoms with Gasteiger partial charge in [0.25, 0.3) is 5.56 Å². The lowest BCUT2D eigenvalue weighted by Crippen LogP contribution is -2.42. The Hall–Kier alpha value is -1.76. The van der Waals surface area contributed by atoms with Gasteiger partial charge in [-0.1, -0.05) is 6.92 Å². The summed E-state index contributed by atoms with van der Waals surface area (Å²) in [6.45, 7) is 4.83. The minimum Gasteiger partial charge on any atom is -0.394 e. The third kappa shape index (κ3) is 2.14. The number of aromatic nitrogens is 2. The molecule has 106 valence electrons. The Kier molecular flexibility index (Phi) is 3.66. The Labute approximate surface area is 110 Å². The Morgan fingerprint density at radius 1 is 1.47 bits per heavy atom. The molecule has 1 aliphatic rings. The third-order valence-electron chi connectivity index (χ3n) is 3.89. The average molecular weight is 268 g/mol. The number of aliphatic hydroxyl groups is 1. The van der Waals surface area contributed by atoms with Gasteiger partial charge in [0.1, 0.15) is 11.5 Å². The molecule has 7 nitrogen and oxygen atoms in total. The van der Waals surface area contributed by atoms with Gasteiger partial charge in [-0.2, -0.15) is 0 Å². The van der Waals surface area contributed by atoms with E-state index in [0.29, 0.717) is 18.8 Å². The van der Waals surface area contributed by atoms with Gasteiger partial charge in [-0.05, 0) is 19.3 Å². The smallest absolute Gasteiger partial charge is 0.330 e. The molecule has 4 N–H and O–H groups in total. The molecule has 0 aliphatic carbocycles. The van der Waals surface area contributed by atoms with Gasteiger partial charge in [-0.15, -0.1) is 0 Å². The second-order valence-corrected chi connectivity index (χ2v) is 4.95. The largest absolute Gasteiger partial charge is 0.394 e. The van der Waals surface area contributed by atoms with E-state index in [1.54, 1.807) is 6.92 Å². The minimum absolute atomic E-state index is 0.0364. The highest BCUT2D eigenvalue weighted by molar-refractivity contribution is 5.63. The standard InChI is InChI=1S/C12H20N4O3/c1-3-15-10(13)9(11(18)14-12(15)19)16-5-4-7(2)8(16)6-17/h7-8,17H,3-6,13H2,1-2H3,(H,14,18,19). The molecule has 1 aromatic rings. The predicted molar refractivity (Wildman–Crippen MR) is 73.4 cm³/mol. The van der Waals surface area contributed by atoms with Crippen LogP contribution < -0.4 is 21.9 Å². The molecule has 0 bridgehead atoms. The fraction of sp³-hybridized carbons (Fsp3) is 0.667. The molecule has 2 rings (SSSR count). The number of aliphatic hydroxyl groups excluding tert-OH is 1. The summed E-state index contributed by atoms with van der Waals surface area (Å²) in [5, 5.41) is 9.47. The molecule has 2 heterocycles. The van der Waals surface area contributed by atoms with Gasteiger partial charge in [0, 0.05) is 13.1 Å². The number of nitrogens with two attached hydrogens (primary N) is 1. The van der Waals surface area contributed by atoms with Crippen molar-refractivity contribution in [2.75, 3.05) is 23.8 Å². The summed E-state index contributed by atoms with van der Waals surface area (Å²) in [6, 6.07) is -0.133. The van der Waals surface area contributed by atoms with Crippen molar-refractivity contribution >= 4 is 11.5 Å². The highest BCUT2D eigenvalue weighted by Crippen LogP contribution is 2.29. The maximum atomic E-state index is 12.0. The molecule has 2 atom stereocenters. The van der Waals surface area contributed by atoms with Gasteiger partial charge in [0.2, 0.25) is 0 Å². The molecule has 0 saturated carbocycles. The second kappa shape index (κ2) is 5.08. The van der Waals surface area contributed by atoms with Crippen LogP contribution in [0.3, 0.4) is 0 Å². The highest BCUT2D eigenvalue weighted by atomic mass is 16.3. The summed E-state index contributed by atoms with van der Waals surface area (Å²) in [6.07, 6.45) is 0.884. The van der Waals surface area contributed by atoms with Gasteiger partial charge >= 0.3 is 5.69 Å². The van der Waals surface area contributed by atoms with E-state index < -0.39 is 11.2 Å². The quantitative estimate of drug-likeness (QED) is 0.675. The van der Waals surface area contributed by atoms with Gasteiger partial charge in [-0.3, -0.25) is 14.3 Å². The van der Waals surface area contributed by atoms with Crippen LogP contribution in [0.1, 0.15) is 20.3 Å². The first-order valence-corrected chi connectivity index (χ1v) is 6.51. The van der Waals surface area contributed by atoms with Crippen LogP contribution in [0.4, 0.5) is 11.5 Å². The molecule has 1 aromatic heterocycles. The molecule has 0 radical (unpaired) electrons. The van der Waals surface area contributed by atoms with Gasteiger partial charge in [0.05, 0.1) is 12.6 Å². The van der Waals surface area contributed by atoms with E-state index in [9.17, 15) is 14.7 Å². The lowest BCUT2D eigenvalue weighted by molar-refractivity contribution is 0.244. The van der Waals surface area contributed by atoms with E-state index in [4.69, 9.17) is 5.73 Å². The summed E-state index contributed by atoms with van der Waals surface area (Å²) in [7, 11) is 0. The van der Waals surface area contributed by atoms with Crippen LogP contribution >= 0.6 is 0 Å². The zero-order valence-corrected chi connectivity index (χ0v) is 11.2. The number of rotatable bonds is 3. The second-order valence-electron chi connectivity index (χ2n) is 4.95. The zero-order valence-electron chi connectivity index (χ0n) is 11.2. The van der Waals surface area contributed by atoms with E-state index in [1.165, 1.54) is 4.57 Å². The van der Waals surface area contributed by atoms with Crippen LogP contribution in [0.15, 0.2) is 9.59 Å². The lowest BCUT2D eigenvalue weighted by atomic mass is 10.0. The molecule has 2 unspecified atom stereocenters. The van der Waals surface area contributed by atoms with Gasteiger partial charge in [-0.25, -0.2) is 4.79 Å². The van der Waals surface area contributed by atoms with E-state index in [2.05, 4.69) is 4.98 Å². The topological polar surface area (TPSA) is 104 Å². The van der Waals surface area contributed by atoms with Crippen molar-refractivity contribution in [1.82, 2.24) is 9.55 Å². The zero-order chi connectivity index (χ0) is 14.2. The lowest BCUT2D eigenvalue weighted by Gasteiger charge is -2.28. The molecule has 7 heteroatoms. The molecular weight excluding hydrogens is 248 g/mol. The van der Waals surface area contributed by atoms with E-state index in [-0.39, 0.29) is 24.4 Å². The summed E-state index contributed by atoms with van der Waals surface area (Å²) < 4.78 is 1.33. The average Bonchev–Trinajstić information content (AvgIpc) is 2.70. The summed E-state index contributed by atoms with van der Waals surface area (Å²) in [5.41, 5.74) is 5.27. The first kappa shape index (κ1) is 13.7. The highest BCUT2D eigenvalue weighted by Gasteiger charge is 2.33. The van der Waals surface area contributed by atoms with Crippen molar-refractivity contribution in [3.63, 3.8) is 0 Å². The summed E-state index contributed by atoms with van der Waals surface area (Å²) >= 11 is 0. The van der Waals surface area contributed by atoms with Crippen molar-refractivity contribution in [1.29, 1.82) is 0 Å². The molecule has 1 fully saturated rings. The number of hydrogen-bond acceptors (Lipinski definition) is 5. The molecular formula is C12H20N4O3. The van der Waals surface area contributed by atoms with E-state index in [0.717, 1.165) is 6.42 Å². The Balaban J connectivity index is 2.57. The number of aromatic amines is 1. The van der Waals surface area contributed by atoms with Crippen molar-refractivity contribution in [2.45, 2.75) is 32.9 Å². The summed E-state index contributed by atoms with van der Waals surface area (Å²) in [5.74, 6) is 0.453. The van der Waals surface area contributed by atoms with Crippen LogP contribution in [-0.4, -0.2) is 33.9 Å². The van der Waals surface area contributed by atoms with Crippen molar-refractivity contribution in [3.05, 3.63) is 20.8 Å². The van der Waals surface area contributed by atoms with Crippen molar-refractivity contribution < 1.29 is 5.11 Å². The van der Waals surface area contributed by atoms with Gasteiger partial charge < -0.3 is 15.7 Å². The minimum atomic E-state index is -0.499. The van der Waals surface area contributed by atoms with Gasteiger partial charge in [0.15, 0.2) is 0 Å². The Morgan fingerprint density at radius 3 is 2.74 bits per heavy atom. The SMILES string of the molecule is CCn1c(N)c(N2CCC(C)C2CO)c(=O)[nH]c1=O. The number of nitrogens with zero attached hydrogens (tertiary/aromatic N) is 2. The molecule has 19 heavy (non-hydrogen) atoms. The van der Waals surface area contributed by atoms with Crippen molar-refractivity contribution in [2.24, 2.45) is 5.92 Å². The van der Waals surface area contributed by atoms with Crippen LogP contribution in [0.2, 0.25) is 0 Å². The van der Waals surface area contributed by atoms with Crippen LogP contribution in [-0.2, 0) is 6.54 Å². The maximum absolute atomic E-state index is 12.0. The number of anilines is 2.